The molecule has 0 amide bonds. The number of fused-ring (bicyclic) bond motifs is 3. The van der Waals surface area contributed by atoms with E-state index >= 15 is 0 Å². The van der Waals surface area contributed by atoms with Crippen molar-refractivity contribution in [2.24, 2.45) is 0 Å². The van der Waals surface area contributed by atoms with E-state index in [0.29, 0.717) is 17.1 Å². The molecule has 92 valence electrons. The predicted octanol–water partition coefficient (Wildman–Crippen LogP) is 1.79. The van der Waals surface area contributed by atoms with Gasteiger partial charge in [-0.25, -0.2) is 8.42 Å². The standard InChI is InChI=1S/C13H17NO2S/c1-2-14-8-3-4-11-12(14)6-5-10-7-9-17(15,16)13(10)11/h5-6H,2-4,7-9H2,1H3. The quantitative estimate of drug-likeness (QED) is 0.763. The number of aryl methyl sites for hydroxylation is 1. The molecule has 2 heterocycles. The molecule has 1 aromatic carbocycles. The minimum Gasteiger partial charge on any atom is -0.372 e. The van der Waals surface area contributed by atoms with Crippen molar-refractivity contribution in [3.63, 3.8) is 0 Å². The Kier molecular flexibility index (Phi) is 2.43. The average molecular weight is 251 g/mol. The van der Waals surface area contributed by atoms with Crippen LogP contribution in [0.2, 0.25) is 0 Å². The van der Waals surface area contributed by atoms with Crippen LogP contribution >= 0.6 is 0 Å². The minimum atomic E-state index is -3.01. The maximum absolute atomic E-state index is 12.1. The molecule has 0 spiro atoms. The molecule has 0 N–H and O–H groups in total. The van der Waals surface area contributed by atoms with Gasteiger partial charge in [0.1, 0.15) is 0 Å². The fourth-order valence-electron chi connectivity index (χ4n) is 3.03. The number of hydrogen-bond donors (Lipinski definition) is 0. The summed E-state index contributed by atoms with van der Waals surface area (Å²) in [7, 11) is -3.01. The van der Waals surface area contributed by atoms with Crippen molar-refractivity contribution in [3.05, 3.63) is 23.3 Å². The third kappa shape index (κ3) is 1.58. The largest absolute Gasteiger partial charge is 0.372 e. The Hall–Kier alpha value is -1.03. The molecule has 0 aromatic heterocycles. The summed E-state index contributed by atoms with van der Waals surface area (Å²) in [6, 6.07) is 4.12. The maximum Gasteiger partial charge on any atom is 0.179 e. The molecule has 0 atom stereocenters. The Morgan fingerprint density at radius 1 is 1.29 bits per heavy atom. The number of rotatable bonds is 1. The number of hydrogen-bond acceptors (Lipinski definition) is 3. The van der Waals surface area contributed by atoms with Crippen molar-refractivity contribution < 1.29 is 8.42 Å². The summed E-state index contributed by atoms with van der Waals surface area (Å²) in [5, 5.41) is 0. The number of nitrogens with zero attached hydrogens (tertiary/aromatic N) is 1. The van der Waals surface area contributed by atoms with E-state index < -0.39 is 9.84 Å². The molecule has 0 fully saturated rings. The van der Waals surface area contributed by atoms with Gasteiger partial charge in [0.25, 0.3) is 0 Å². The van der Waals surface area contributed by atoms with E-state index in [0.717, 1.165) is 42.7 Å². The highest BCUT2D eigenvalue weighted by molar-refractivity contribution is 7.91. The monoisotopic (exact) mass is 251 g/mol. The Bertz CT molecular complexity index is 563. The van der Waals surface area contributed by atoms with E-state index in [4.69, 9.17) is 0 Å². The Morgan fingerprint density at radius 3 is 2.88 bits per heavy atom. The molecule has 0 bridgehead atoms. The zero-order valence-corrected chi connectivity index (χ0v) is 10.9. The van der Waals surface area contributed by atoms with E-state index in [1.165, 1.54) is 0 Å². The molecule has 0 unspecified atom stereocenters. The molecular weight excluding hydrogens is 234 g/mol. The van der Waals surface area contributed by atoms with Gasteiger partial charge in [-0.15, -0.1) is 0 Å². The first-order valence-electron chi connectivity index (χ1n) is 6.26. The van der Waals surface area contributed by atoms with E-state index in [9.17, 15) is 8.42 Å². The van der Waals surface area contributed by atoms with Crippen molar-refractivity contribution in [3.8, 4) is 0 Å². The maximum atomic E-state index is 12.1. The Morgan fingerprint density at radius 2 is 2.12 bits per heavy atom. The van der Waals surface area contributed by atoms with Gasteiger partial charge < -0.3 is 4.90 Å². The van der Waals surface area contributed by atoms with Crippen LogP contribution in [-0.2, 0) is 22.7 Å². The van der Waals surface area contributed by atoms with Gasteiger partial charge in [-0.3, -0.25) is 0 Å². The smallest absolute Gasteiger partial charge is 0.179 e. The number of anilines is 1. The lowest BCUT2D eigenvalue weighted by Crippen LogP contribution is -2.29. The van der Waals surface area contributed by atoms with Crippen molar-refractivity contribution in [1.29, 1.82) is 0 Å². The van der Waals surface area contributed by atoms with Crippen LogP contribution in [0.3, 0.4) is 0 Å². The first-order valence-corrected chi connectivity index (χ1v) is 7.91. The summed E-state index contributed by atoms with van der Waals surface area (Å²) in [5.41, 5.74) is 3.25. The van der Waals surface area contributed by atoms with Gasteiger partial charge in [-0.1, -0.05) is 6.07 Å². The van der Waals surface area contributed by atoms with Crippen LogP contribution in [0.1, 0.15) is 24.5 Å². The molecule has 0 aliphatic carbocycles. The molecular formula is C13H17NO2S. The summed E-state index contributed by atoms with van der Waals surface area (Å²) in [6.45, 7) is 4.12. The van der Waals surface area contributed by atoms with Crippen molar-refractivity contribution in [1.82, 2.24) is 0 Å². The lowest BCUT2D eigenvalue weighted by atomic mass is 9.98. The third-order valence-corrected chi connectivity index (χ3v) is 5.72. The van der Waals surface area contributed by atoms with E-state index in [1.807, 2.05) is 6.07 Å². The van der Waals surface area contributed by atoms with Gasteiger partial charge >= 0.3 is 0 Å². The zero-order valence-electron chi connectivity index (χ0n) is 10.1. The SMILES string of the molecule is CCN1CCCc2c1ccc1c2S(=O)(=O)CC1. The molecule has 17 heavy (non-hydrogen) atoms. The Labute approximate surface area is 102 Å². The molecule has 0 saturated heterocycles. The fraction of sp³-hybridized carbons (Fsp3) is 0.538. The van der Waals surface area contributed by atoms with Gasteiger partial charge in [-0.2, -0.15) is 0 Å². The van der Waals surface area contributed by atoms with Crippen LogP contribution in [0.25, 0.3) is 0 Å². The second-order valence-corrected chi connectivity index (χ2v) is 6.85. The van der Waals surface area contributed by atoms with Crippen LogP contribution in [-0.4, -0.2) is 27.3 Å². The first-order chi connectivity index (χ1) is 8.13. The van der Waals surface area contributed by atoms with Crippen LogP contribution < -0.4 is 4.90 Å². The summed E-state index contributed by atoms with van der Waals surface area (Å²) < 4.78 is 24.2. The first kappa shape index (κ1) is 11.1. The molecule has 3 nitrogen and oxygen atoms in total. The van der Waals surface area contributed by atoms with Crippen molar-refractivity contribution in [2.75, 3.05) is 23.7 Å². The van der Waals surface area contributed by atoms with Crippen molar-refractivity contribution >= 4 is 15.5 Å². The Balaban J connectivity index is 2.25. The molecule has 2 aliphatic heterocycles. The van der Waals surface area contributed by atoms with Gasteiger partial charge in [0.05, 0.1) is 10.6 Å². The molecule has 4 heteroatoms. The molecule has 3 rings (SSSR count). The van der Waals surface area contributed by atoms with Gasteiger partial charge in [-0.05, 0) is 43.4 Å². The summed E-state index contributed by atoms with van der Waals surface area (Å²) >= 11 is 0. The van der Waals surface area contributed by atoms with Gasteiger partial charge in [0.2, 0.25) is 0 Å². The predicted molar refractivity (Wildman–Crippen MR) is 68.4 cm³/mol. The summed E-state index contributed by atoms with van der Waals surface area (Å²) in [5.74, 6) is 0.297. The van der Waals surface area contributed by atoms with Crippen LogP contribution in [0.5, 0.6) is 0 Å². The highest BCUT2D eigenvalue weighted by atomic mass is 32.2. The molecule has 0 saturated carbocycles. The van der Waals surface area contributed by atoms with Crippen LogP contribution in [0, 0.1) is 0 Å². The number of sulfone groups is 1. The third-order valence-electron chi connectivity index (χ3n) is 3.85. The van der Waals surface area contributed by atoms with E-state index in [2.05, 4.69) is 17.9 Å². The van der Waals surface area contributed by atoms with Crippen molar-refractivity contribution in [2.45, 2.75) is 31.1 Å². The fourth-order valence-corrected chi connectivity index (χ4v) is 4.87. The minimum absolute atomic E-state index is 0.297. The van der Waals surface area contributed by atoms with Crippen LogP contribution in [0.4, 0.5) is 5.69 Å². The van der Waals surface area contributed by atoms with Gasteiger partial charge in [0, 0.05) is 18.8 Å². The normalized spacial score (nSPS) is 21.1. The van der Waals surface area contributed by atoms with E-state index in [1.54, 1.807) is 0 Å². The highest BCUT2D eigenvalue weighted by Gasteiger charge is 2.32. The molecule has 0 radical (unpaired) electrons. The molecule has 1 aromatic rings. The lowest BCUT2D eigenvalue weighted by molar-refractivity contribution is 0.597. The zero-order chi connectivity index (χ0) is 12.0. The highest BCUT2D eigenvalue weighted by Crippen LogP contribution is 2.38. The summed E-state index contributed by atoms with van der Waals surface area (Å²) in [4.78, 5) is 2.94. The summed E-state index contributed by atoms with van der Waals surface area (Å²) in [6.07, 6.45) is 2.66. The molecule has 2 aliphatic rings. The van der Waals surface area contributed by atoms with Crippen LogP contribution in [0.15, 0.2) is 17.0 Å². The second-order valence-electron chi connectivity index (χ2n) is 4.80. The second kappa shape index (κ2) is 3.73. The van der Waals surface area contributed by atoms with E-state index in [-0.39, 0.29) is 0 Å². The topological polar surface area (TPSA) is 37.4 Å². The van der Waals surface area contributed by atoms with Gasteiger partial charge in [0.15, 0.2) is 9.84 Å². The lowest BCUT2D eigenvalue weighted by Gasteiger charge is -2.31. The average Bonchev–Trinajstić information content (AvgIpc) is 2.65. The number of benzene rings is 1.